The average Bonchev–Trinajstić information content (AvgIpc) is 2.62. The molecule has 2 N–H and O–H groups in total. The minimum atomic E-state index is -0.248. The Labute approximate surface area is 146 Å². The SMILES string of the molecule is CC(C)c1ccc(Nc2nncc(NCc3ccc(F)cc3)n2)cc1. The van der Waals surface area contributed by atoms with Gasteiger partial charge in [-0.2, -0.15) is 10.1 Å². The number of hydrogen-bond acceptors (Lipinski definition) is 5. The van der Waals surface area contributed by atoms with Crippen LogP contribution in [-0.2, 0) is 6.54 Å². The highest BCUT2D eigenvalue weighted by molar-refractivity contribution is 5.54. The van der Waals surface area contributed by atoms with E-state index < -0.39 is 0 Å². The molecule has 0 unspecified atom stereocenters. The molecule has 128 valence electrons. The van der Waals surface area contributed by atoms with E-state index in [0.717, 1.165) is 11.3 Å². The third-order valence-corrected chi connectivity index (χ3v) is 3.78. The largest absolute Gasteiger partial charge is 0.365 e. The van der Waals surface area contributed by atoms with Crippen molar-refractivity contribution in [3.8, 4) is 0 Å². The molecule has 0 radical (unpaired) electrons. The van der Waals surface area contributed by atoms with Gasteiger partial charge in [0.2, 0.25) is 5.95 Å². The topological polar surface area (TPSA) is 62.7 Å². The summed E-state index contributed by atoms with van der Waals surface area (Å²) in [6.45, 7) is 4.85. The van der Waals surface area contributed by atoms with Gasteiger partial charge in [-0.1, -0.05) is 38.1 Å². The second kappa shape index (κ2) is 7.70. The van der Waals surface area contributed by atoms with Gasteiger partial charge in [0.25, 0.3) is 0 Å². The van der Waals surface area contributed by atoms with E-state index in [1.165, 1.54) is 17.7 Å². The summed E-state index contributed by atoms with van der Waals surface area (Å²) in [7, 11) is 0. The predicted molar refractivity (Wildman–Crippen MR) is 97.4 cm³/mol. The molecule has 0 aliphatic rings. The van der Waals surface area contributed by atoms with Gasteiger partial charge in [0.1, 0.15) is 5.82 Å². The monoisotopic (exact) mass is 337 g/mol. The number of hydrogen-bond donors (Lipinski definition) is 2. The van der Waals surface area contributed by atoms with Gasteiger partial charge < -0.3 is 10.6 Å². The Balaban J connectivity index is 1.63. The van der Waals surface area contributed by atoms with Crippen LogP contribution in [0.15, 0.2) is 54.7 Å². The van der Waals surface area contributed by atoms with Crippen molar-refractivity contribution in [1.82, 2.24) is 15.2 Å². The number of nitrogens with zero attached hydrogens (tertiary/aromatic N) is 3. The molecule has 3 aromatic rings. The molecule has 3 rings (SSSR count). The quantitative estimate of drug-likeness (QED) is 0.694. The maximum atomic E-state index is 12.9. The fourth-order valence-corrected chi connectivity index (χ4v) is 2.32. The Morgan fingerprint density at radius 2 is 1.72 bits per heavy atom. The van der Waals surface area contributed by atoms with E-state index >= 15 is 0 Å². The summed E-state index contributed by atoms with van der Waals surface area (Å²) < 4.78 is 12.9. The van der Waals surface area contributed by atoms with E-state index in [-0.39, 0.29) is 5.82 Å². The van der Waals surface area contributed by atoms with Crippen LogP contribution in [0.25, 0.3) is 0 Å². The highest BCUT2D eigenvalue weighted by Crippen LogP contribution is 2.19. The molecule has 0 atom stereocenters. The highest BCUT2D eigenvalue weighted by Gasteiger charge is 2.03. The third-order valence-electron chi connectivity index (χ3n) is 3.78. The standard InChI is InChI=1S/C19H20FN5/c1-13(2)15-5-9-17(10-6-15)23-19-24-18(12-22-25-19)21-11-14-3-7-16(20)8-4-14/h3-10,12-13H,11H2,1-2H3,(H2,21,23,24,25). The Kier molecular flexibility index (Phi) is 5.18. The van der Waals surface area contributed by atoms with Crippen LogP contribution in [0.4, 0.5) is 21.8 Å². The predicted octanol–water partition coefficient (Wildman–Crippen LogP) is 4.49. The van der Waals surface area contributed by atoms with Crippen molar-refractivity contribution >= 4 is 17.5 Å². The van der Waals surface area contributed by atoms with Crippen molar-refractivity contribution in [1.29, 1.82) is 0 Å². The first-order chi connectivity index (χ1) is 12.1. The lowest BCUT2D eigenvalue weighted by Crippen LogP contribution is -2.05. The van der Waals surface area contributed by atoms with Crippen LogP contribution in [0.1, 0.15) is 30.9 Å². The van der Waals surface area contributed by atoms with Crippen molar-refractivity contribution in [3.63, 3.8) is 0 Å². The molecule has 0 aliphatic carbocycles. The summed E-state index contributed by atoms with van der Waals surface area (Å²) >= 11 is 0. The van der Waals surface area contributed by atoms with Gasteiger partial charge in [0.05, 0.1) is 6.20 Å². The lowest BCUT2D eigenvalue weighted by Gasteiger charge is -2.09. The van der Waals surface area contributed by atoms with Crippen LogP contribution in [0.2, 0.25) is 0 Å². The van der Waals surface area contributed by atoms with Crippen LogP contribution in [0.5, 0.6) is 0 Å². The number of aromatic nitrogens is 3. The lowest BCUT2D eigenvalue weighted by molar-refractivity contribution is 0.627. The average molecular weight is 337 g/mol. The number of rotatable bonds is 6. The second-order valence-electron chi connectivity index (χ2n) is 6.05. The Hall–Kier alpha value is -3.02. The molecule has 0 fully saturated rings. The zero-order valence-corrected chi connectivity index (χ0v) is 14.2. The van der Waals surface area contributed by atoms with Crippen LogP contribution in [0, 0.1) is 5.82 Å². The number of benzene rings is 2. The van der Waals surface area contributed by atoms with Crippen molar-refractivity contribution < 1.29 is 4.39 Å². The van der Waals surface area contributed by atoms with Gasteiger partial charge in [-0.3, -0.25) is 0 Å². The smallest absolute Gasteiger partial charge is 0.249 e. The summed E-state index contributed by atoms with van der Waals surface area (Å²) in [5, 5.41) is 14.2. The number of anilines is 3. The molecule has 25 heavy (non-hydrogen) atoms. The molecule has 0 aliphatic heterocycles. The Bertz CT molecular complexity index is 816. The highest BCUT2D eigenvalue weighted by atomic mass is 19.1. The molecule has 0 saturated carbocycles. The number of halogens is 1. The minimum Gasteiger partial charge on any atom is -0.365 e. The molecule has 5 nitrogen and oxygen atoms in total. The van der Waals surface area contributed by atoms with E-state index in [2.05, 4.69) is 51.8 Å². The van der Waals surface area contributed by atoms with E-state index in [9.17, 15) is 4.39 Å². The Morgan fingerprint density at radius 1 is 1.00 bits per heavy atom. The van der Waals surface area contributed by atoms with Crippen molar-refractivity contribution in [2.45, 2.75) is 26.3 Å². The van der Waals surface area contributed by atoms with Gasteiger partial charge >= 0.3 is 0 Å². The second-order valence-corrected chi connectivity index (χ2v) is 6.05. The van der Waals surface area contributed by atoms with Crippen LogP contribution in [-0.4, -0.2) is 15.2 Å². The zero-order chi connectivity index (χ0) is 17.6. The van der Waals surface area contributed by atoms with Gasteiger partial charge in [-0.25, -0.2) is 4.39 Å². The maximum absolute atomic E-state index is 12.9. The van der Waals surface area contributed by atoms with E-state index in [0.29, 0.717) is 24.2 Å². The zero-order valence-electron chi connectivity index (χ0n) is 14.2. The van der Waals surface area contributed by atoms with Crippen molar-refractivity contribution in [3.05, 3.63) is 71.7 Å². The third kappa shape index (κ3) is 4.73. The molecular formula is C19H20FN5. The van der Waals surface area contributed by atoms with Gasteiger partial charge in [0.15, 0.2) is 5.82 Å². The van der Waals surface area contributed by atoms with Crippen molar-refractivity contribution in [2.24, 2.45) is 0 Å². The molecule has 2 aromatic carbocycles. The van der Waals surface area contributed by atoms with Crippen LogP contribution >= 0.6 is 0 Å². The summed E-state index contributed by atoms with van der Waals surface area (Å²) in [6.07, 6.45) is 1.55. The molecule has 0 spiro atoms. The molecular weight excluding hydrogens is 317 g/mol. The molecule has 6 heteroatoms. The van der Waals surface area contributed by atoms with Gasteiger partial charge in [-0.15, -0.1) is 5.10 Å². The number of nitrogens with one attached hydrogen (secondary N) is 2. The maximum Gasteiger partial charge on any atom is 0.249 e. The summed E-state index contributed by atoms with van der Waals surface area (Å²) in [5.74, 6) is 1.26. The van der Waals surface area contributed by atoms with Gasteiger partial charge in [-0.05, 0) is 41.3 Å². The van der Waals surface area contributed by atoms with Gasteiger partial charge in [0, 0.05) is 12.2 Å². The molecule has 1 heterocycles. The van der Waals surface area contributed by atoms with E-state index in [4.69, 9.17) is 0 Å². The minimum absolute atomic E-state index is 0.248. The Morgan fingerprint density at radius 3 is 2.40 bits per heavy atom. The van der Waals surface area contributed by atoms with Crippen molar-refractivity contribution in [2.75, 3.05) is 10.6 Å². The summed E-state index contributed by atoms with van der Waals surface area (Å²) in [5.41, 5.74) is 3.14. The molecule has 0 bridgehead atoms. The molecule has 0 amide bonds. The fraction of sp³-hybridized carbons (Fsp3) is 0.211. The first kappa shape index (κ1) is 16.8. The normalized spacial score (nSPS) is 10.7. The van der Waals surface area contributed by atoms with Crippen LogP contribution in [0.3, 0.4) is 0 Å². The van der Waals surface area contributed by atoms with Crippen LogP contribution < -0.4 is 10.6 Å². The molecule has 0 saturated heterocycles. The summed E-state index contributed by atoms with van der Waals surface area (Å²) in [4.78, 5) is 4.39. The summed E-state index contributed by atoms with van der Waals surface area (Å²) in [6, 6.07) is 14.5. The first-order valence-corrected chi connectivity index (χ1v) is 8.15. The first-order valence-electron chi connectivity index (χ1n) is 8.15. The molecule has 1 aromatic heterocycles. The van der Waals surface area contributed by atoms with E-state index in [1.54, 1.807) is 18.3 Å². The fourth-order valence-electron chi connectivity index (χ4n) is 2.32. The lowest BCUT2D eigenvalue weighted by atomic mass is 10.0. The van der Waals surface area contributed by atoms with E-state index in [1.807, 2.05) is 12.1 Å².